The first kappa shape index (κ1) is 15.4. The van der Waals surface area contributed by atoms with E-state index in [1.54, 1.807) is 18.3 Å². The first-order valence-electron chi connectivity index (χ1n) is 7.46. The summed E-state index contributed by atoms with van der Waals surface area (Å²) in [4.78, 5) is 14.5. The minimum atomic E-state index is -4.51. The van der Waals surface area contributed by atoms with Crippen LogP contribution in [0.2, 0.25) is 0 Å². The molecular formula is C17H12F3N5. The molecule has 0 aliphatic rings. The summed E-state index contributed by atoms with van der Waals surface area (Å²) in [6.45, 7) is 1.95. The number of imidazole rings is 1. The van der Waals surface area contributed by atoms with Crippen LogP contribution < -0.4 is 5.32 Å². The van der Waals surface area contributed by atoms with Gasteiger partial charge in [-0.3, -0.25) is 0 Å². The number of fused-ring (bicyclic) bond motifs is 2. The number of aromatic nitrogens is 4. The van der Waals surface area contributed by atoms with E-state index >= 15 is 0 Å². The third-order valence-electron chi connectivity index (χ3n) is 3.82. The third-order valence-corrected chi connectivity index (χ3v) is 3.82. The second-order valence-corrected chi connectivity index (χ2v) is 5.65. The molecule has 25 heavy (non-hydrogen) atoms. The van der Waals surface area contributed by atoms with E-state index in [-0.39, 0.29) is 11.0 Å². The van der Waals surface area contributed by atoms with Gasteiger partial charge in [-0.1, -0.05) is 18.2 Å². The van der Waals surface area contributed by atoms with Crippen molar-refractivity contribution in [3.8, 4) is 0 Å². The third kappa shape index (κ3) is 2.86. The molecule has 0 atom stereocenters. The summed E-state index contributed by atoms with van der Waals surface area (Å²) in [5.74, 6) is -0.644. The lowest BCUT2D eigenvalue weighted by Crippen LogP contribution is -2.06. The summed E-state index contributed by atoms with van der Waals surface area (Å²) in [7, 11) is 0. The molecule has 0 bridgehead atoms. The molecule has 2 heterocycles. The summed E-state index contributed by atoms with van der Waals surface area (Å²) in [5.41, 5.74) is 2.93. The summed E-state index contributed by atoms with van der Waals surface area (Å²) >= 11 is 0. The van der Waals surface area contributed by atoms with Crippen molar-refractivity contribution in [2.45, 2.75) is 13.1 Å². The lowest BCUT2D eigenvalue weighted by atomic mass is 10.1. The van der Waals surface area contributed by atoms with E-state index in [9.17, 15) is 13.2 Å². The largest absolute Gasteiger partial charge is 0.449 e. The number of aryl methyl sites for hydroxylation is 1. The van der Waals surface area contributed by atoms with Gasteiger partial charge in [0.1, 0.15) is 0 Å². The van der Waals surface area contributed by atoms with Gasteiger partial charge in [-0.2, -0.15) is 13.2 Å². The first-order valence-corrected chi connectivity index (χ1v) is 7.46. The molecule has 0 radical (unpaired) electrons. The molecule has 0 aliphatic carbocycles. The number of nitrogens with one attached hydrogen (secondary N) is 2. The van der Waals surface area contributed by atoms with Crippen LogP contribution in [0.5, 0.6) is 0 Å². The number of hydrogen-bond acceptors (Lipinski definition) is 4. The minimum Gasteiger partial charge on any atom is -0.334 e. The Bertz CT molecular complexity index is 1080. The van der Waals surface area contributed by atoms with Gasteiger partial charge in [0.25, 0.3) is 0 Å². The number of alkyl halides is 3. The van der Waals surface area contributed by atoms with E-state index in [1.165, 1.54) is 6.07 Å². The Morgan fingerprint density at radius 2 is 1.92 bits per heavy atom. The molecule has 4 rings (SSSR count). The summed E-state index contributed by atoms with van der Waals surface area (Å²) < 4.78 is 38.2. The van der Waals surface area contributed by atoms with Gasteiger partial charge in [0.15, 0.2) is 0 Å². The van der Waals surface area contributed by atoms with Gasteiger partial charge in [0.2, 0.25) is 11.8 Å². The van der Waals surface area contributed by atoms with Crippen LogP contribution in [0.4, 0.5) is 24.8 Å². The van der Waals surface area contributed by atoms with Gasteiger partial charge in [-0.15, -0.1) is 0 Å². The molecule has 8 heteroatoms. The van der Waals surface area contributed by atoms with Crippen molar-refractivity contribution in [1.82, 2.24) is 19.9 Å². The molecule has 2 aromatic heterocycles. The highest BCUT2D eigenvalue weighted by Gasteiger charge is 2.34. The number of H-pyrrole nitrogens is 1. The maximum Gasteiger partial charge on any atom is 0.449 e. The molecule has 0 saturated heterocycles. The molecule has 4 aromatic rings. The Morgan fingerprint density at radius 1 is 1.08 bits per heavy atom. The number of aromatic amines is 1. The number of para-hydroxylation sites is 1. The van der Waals surface area contributed by atoms with E-state index < -0.39 is 12.0 Å². The zero-order chi connectivity index (χ0) is 17.6. The first-order chi connectivity index (χ1) is 11.9. The quantitative estimate of drug-likeness (QED) is 0.559. The zero-order valence-corrected chi connectivity index (χ0v) is 13.0. The van der Waals surface area contributed by atoms with Crippen molar-refractivity contribution in [2.24, 2.45) is 0 Å². The Morgan fingerprint density at radius 3 is 2.72 bits per heavy atom. The monoisotopic (exact) mass is 343 g/mol. The van der Waals surface area contributed by atoms with Crippen LogP contribution in [0.25, 0.3) is 21.9 Å². The fourth-order valence-corrected chi connectivity index (χ4v) is 2.61. The molecular weight excluding hydrogens is 331 g/mol. The van der Waals surface area contributed by atoms with Gasteiger partial charge in [0, 0.05) is 17.3 Å². The lowest BCUT2D eigenvalue weighted by molar-refractivity contribution is -0.144. The average molecular weight is 343 g/mol. The van der Waals surface area contributed by atoms with E-state index in [0.717, 1.165) is 16.5 Å². The molecule has 2 aromatic carbocycles. The van der Waals surface area contributed by atoms with Crippen molar-refractivity contribution in [2.75, 3.05) is 5.32 Å². The number of hydrogen-bond donors (Lipinski definition) is 2. The SMILES string of the molecule is Cc1cccc2cnc(Nc3ccc4nc(C(F)(F)F)[nH]c4c3)nc12. The molecule has 0 unspecified atom stereocenters. The molecule has 0 fully saturated rings. The van der Waals surface area contributed by atoms with Crippen LogP contribution in [0.1, 0.15) is 11.4 Å². The highest BCUT2D eigenvalue weighted by atomic mass is 19.4. The molecule has 0 spiro atoms. The molecule has 126 valence electrons. The maximum absolute atomic E-state index is 12.7. The average Bonchev–Trinajstić information content (AvgIpc) is 2.99. The highest BCUT2D eigenvalue weighted by molar-refractivity contribution is 5.83. The van der Waals surface area contributed by atoms with Gasteiger partial charge >= 0.3 is 6.18 Å². The van der Waals surface area contributed by atoms with Gasteiger partial charge in [0.05, 0.1) is 16.6 Å². The van der Waals surface area contributed by atoms with Crippen LogP contribution >= 0.6 is 0 Å². The van der Waals surface area contributed by atoms with Crippen molar-refractivity contribution < 1.29 is 13.2 Å². The Labute approximate surface area is 139 Å². The van der Waals surface area contributed by atoms with Crippen molar-refractivity contribution in [3.63, 3.8) is 0 Å². The Hall–Kier alpha value is -3.16. The lowest BCUT2D eigenvalue weighted by Gasteiger charge is -2.07. The van der Waals surface area contributed by atoms with Crippen LogP contribution in [0.15, 0.2) is 42.6 Å². The van der Waals surface area contributed by atoms with Crippen LogP contribution in [-0.4, -0.2) is 19.9 Å². The van der Waals surface area contributed by atoms with E-state index in [2.05, 4.69) is 25.3 Å². The van der Waals surface area contributed by atoms with Crippen molar-refractivity contribution in [1.29, 1.82) is 0 Å². The summed E-state index contributed by atoms with van der Waals surface area (Å²) in [6.07, 6.45) is -2.81. The van der Waals surface area contributed by atoms with Crippen LogP contribution in [-0.2, 0) is 6.18 Å². The topological polar surface area (TPSA) is 66.5 Å². The standard InChI is InChI=1S/C17H12F3N5/c1-9-3-2-4-10-8-21-16(25-14(9)10)22-11-5-6-12-13(7-11)24-15(23-12)17(18,19)20/h2-8H,1H3,(H,23,24)(H,21,22,25). The fraction of sp³-hybridized carbons (Fsp3) is 0.118. The smallest absolute Gasteiger partial charge is 0.334 e. The maximum atomic E-state index is 12.7. The van der Waals surface area contributed by atoms with Gasteiger partial charge in [-0.05, 0) is 30.7 Å². The number of anilines is 2. The Balaban J connectivity index is 1.69. The molecule has 5 nitrogen and oxygen atoms in total. The van der Waals surface area contributed by atoms with E-state index in [4.69, 9.17) is 0 Å². The summed E-state index contributed by atoms with van der Waals surface area (Å²) in [6, 6.07) is 10.5. The van der Waals surface area contributed by atoms with E-state index in [1.807, 2.05) is 25.1 Å². The van der Waals surface area contributed by atoms with Crippen LogP contribution in [0, 0.1) is 6.92 Å². The molecule has 2 N–H and O–H groups in total. The predicted molar refractivity (Wildman–Crippen MR) is 88.7 cm³/mol. The van der Waals surface area contributed by atoms with Crippen molar-refractivity contribution in [3.05, 3.63) is 54.0 Å². The van der Waals surface area contributed by atoms with Crippen LogP contribution in [0.3, 0.4) is 0 Å². The zero-order valence-electron chi connectivity index (χ0n) is 13.0. The molecule has 0 amide bonds. The van der Waals surface area contributed by atoms with Gasteiger partial charge < -0.3 is 10.3 Å². The normalized spacial score (nSPS) is 12.0. The number of nitrogens with zero attached hydrogens (tertiary/aromatic N) is 3. The second-order valence-electron chi connectivity index (χ2n) is 5.65. The number of benzene rings is 2. The fourth-order valence-electron chi connectivity index (χ4n) is 2.61. The minimum absolute atomic E-state index is 0.244. The van der Waals surface area contributed by atoms with Crippen molar-refractivity contribution >= 4 is 33.6 Å². The number of rotatable bonds is 2. The van der Waals surface area contributed by atoms with Gasteiger partial charge in [-0.25, -0.2) is 15.0 Å². The second kappa shape index (κ2) is 5.44. The highest BCUT2D eigenvalue weighted by Crippen LogP contribution is 2.29. The van der Waals surface area contributed by atoms with E-state index in [0.29, 0.717) is 11.6 Å². The number of halogens is 3. The molecule has 0 saturated carbocycles. The molecule has 0 aliphatic heterocycles. The predicted octanol–water partition coefficient (Wildman–Crippen LogP) is 4.58. The summed E-state index contributed by atoms with van der Waals surface area (Å²) in [5, 5.41) is 3.93. The Kier molecular flexibility index (Phi) is 3.34.